The highest BCUT2D eigenvalue weighted by molar-refractivity contribution is 6.09. The molecule has 0 fully saturated rings. The summed E-state index contributed by atoms with van der Waals surface area (Å²) in [6.45, 7) is 4.71. The minimum atomic E-state index is -0.436. The van der Waals surface area contributed by atoms with Crippen LogP contribution >= 0.6 is 0 Å². The molecule has 10 aromatic carbocycles. The third-order valence-electron chi connectivity index (χ3n) is 14.6. The number of hydrogen-bond donors (Lipinski definition) is 0. The van der Waals surface area contributed by atoms with E-state index in [1.165, 1.54) is 61.2 Å². The van der Waals surface area contributed by atoms with Crippen molar-refractivity contribution in [2.45, 2.75) is 24.7 Å². The fourth-order valence-corrected chi connectivity index (χ4v) is 11.5. The van der Waals surface area contributed by atoms with Gasteiger partial charge in [-0.1, -0.05) is 202 Å². The predicted molar refractivity (Wildman–Crippen MR) is 274 cm³/mol. The molecule has 0 amide bonds. The molecular weight excluding hydrogens is 799 g/mol. The highest BCUT2D eigenvalue weighted by Gasteiger charge is 2.46. The Morgan fingerprint density at radius 1 is 0.333 bits per heavy atom. The maximum absolute atomic E-state index is 6.49. The average Bonchev–Trinajstić information content (AvgIpc) is 3.98. The summed E-state index contributed by atoms with van der Waals surface area (Å²) in [4.78, 5) is 2.42. The molecule has 1 aromatic heterocycles. The lowest BCUT2D eigenvalue weighted by Gasteiger charge is -2.33. The van der Waals surface area contributed by atoms with E-state index in [2.05, 4.69) is 249 Å². The molecule has 0 atom stereocenters. The molecule has 0 aliphatic heterocycles. The van der Waals surface area contributed by atoms with E-state index >= 15 is 0 Å². The first-order valence-electron chi connectivity index (χ1n) is 23.0. The van der Waals surface area contributed by atoms with Gasteiger partial charge in [-0.05, 0) is 121 Å². The summed E-state index contributed by atoms with van der Waals surface area (Å²) in [6, 6.07) is 86.9. The summed E-state index contributed by atoms with van der Waals surface area (Å²) in [5, 5.41) is 2.27. The van der Waals surface area contributed by atoms with Crippen LogP contribution in [0.15, 0.2) is 241 Å². The van der Waals surface area contributed by atoms with Crippen molar-refractivity contribution < 1.29 is 4.42 Å². The van der Waals surface area contributed by atoms with Crippen LogP contribution in [0.25, 0.3) is 66.4 Å². The minimum absolute atomic E-state index is 0.139. The van der Waals surface area contributed by atoms with Crippen LogP contribution in [0, 0.1) is 0 Å². The van der Waals surface area contributed by atoms with Gasteiger partial charge >= 0.3 is 0 Å². The summed E-state index contributed by atoms with van der Waals surface area (Å²) in [5.41, 5.74) is 22.2. The molecule has 0 spiro atoms. The topological polar surface area (TPSA) is 16.4 Å². The van der Waals surface area contributed by atoms with E-state index in [4.69, 9.17) is 4.42 Å². The molecule has 0 unspecified atom stereocenters. The number of furan rings is 1. The van der Waals surface area contributed by atoms with Gasteiger partial charge in [-0.3, -0.25) is 0 Å². The first-order valence-corrected chi connectivity index (χ1v) is 23.0. The summed E-state index contributed by atoms with van der Waals surface area (Å²) >= 11 is 0. The van der Waals surface area contributed by atoms with Crippen LogP contribution < -0.4 is 4.90 Å². The molecular formula is C64H45NO. The van der Waals surface area contributed by atoms with Gasteiger partial charge in [-0.2, -0.15) is 0 Å². The molecule has 2 aliphatic carbocycles. The Morgan fingerprint density at radius 2 is 0.879 bits per heavy atom. The summed E-state index contributed by atoms with van der Waals surface area (Å²) in [5.74, 6) is 0. The number of hydrogen-bond acceptors (Lipinski definition) is 2. The van der Waals surface area contributed by atoms with E-state index in [9.17, 15) is 0 Å². The van der Waals surface area contributed by atoms with Crippen molar-refractivity contribution in [1.82, 2.24) is 0 Å². The number of rotatable bonds is 7. The molecule has 0 bridgehead atoms. The van der Waals surface area contributed by atoms with Crippen LogP contribution in [0.1, 0.15) is 47.2 Å². The van der Waals surface area contributed by atoms with Crippen molar-refractivity contribution in [3.05, 3.63) is 270 Å². The number of anilines is 3. The zero-order chi connectivity index (χ0) is 44.0. The first-order chi connectivity index (χ1) is 32.5. The molecule has 66 heavy (non-hydrogen) atoms. The van der Waals surface area contributed by atoms with E-state index in [1.54, 1.807) is 0 Å². The van der Waals surface area contributed by atoms with Gasteiger partial charge in [0.1, 0.15) is 11.2 Å². The van der Waals surface area contributed by atoms with E-state index in [-0.39, 0.29) is 5.41 Å². The Labute approximate surface area is 385 Å². The second-order valence-corrected chi connectivity index (χ2v) is 18.4. The van der Waals surface area contributed by atoms with Crippen LogP contribution in [-0.2, 0) is 10.8 Å². The predicted octanol–water partition coefficient (Wildman–Crippen LogP) is 17.1. The van der Waals surface area contributed by atoms with Crippen molar-refractivity contribution in [2.24, 2.45) is 0 Å². The van der Waals surface area contributed by atoms with Crippen LogP contribution in [0.5, 0.6) is 0 Å². The molecule has 13 rings (SSSR count). The molecule has 11 aromatic rings. The van der Waals surface area contributed by atoms with Crippen molar-refractivity contribution in [1.29, 1.82) is 0 Å². The second-order valence-electron chi connectivity index (χ2n) is 18.4. The maximum Gasteiger partial charge on any atom is 0.143 e. The van der Waals surface area contributed by atoms with E-state index in [0.717, 1.165) is 55.7 Å². The Bertz CT molecular complexity index is 3630. The van der Waals surface area contributed by atoms with Gasteiger partial charge in [0.25, 0.3) is 0 Å². The fourth-order valence-electron chi connectivity index (χ4n) is 11.5. The third kappa shape index (κ3) is 5.61. The van der Waals surface area contributed by atoms with Gasteiger partial charge in [0.2, 0.25) is 0 Å². The standard InChI is InChI=1S/C64H45NO/c1-63(2)57-28-12-9-23-51(57)53-37-36-49(41-60(53)63)65(47-34-31-42(32-35-47)50-26-16-27-55-54-25-11-14-30-61(54)66-62(50)55)48-22-15-17-43(39-48)44-33-38-59-56(40-44)52-24-10-13-29-58(52)64(59,45-18-5-3-6-19-45)46-20-7-4-8-21-46/h3-41H,1-2H3. The smallest absolute Gasteiger partial charge is 0.143 e. The van der Waals surface area contributed by atoms with Gasteiger partial charge in [-0.25, -0.2) is 0 Å². The van der Waals surface area contributed by atoms with Gasteiger partial charge in [0.15, 0.2) is 0 Å². The molecule has 0 N–H and O–H groups in total. The lowest BCUT2D eigenvalue weighted by molar-refractivity contribution is 0.660. The van der Waals surface area contributed by atoms with Crippen molar-refractivity contribution >= 4 is 39.0 Å². The summed E-state index contributed by atoms with van der Waals surface area (Å²) in [7, 11) is 0. The van der Waals surface area contributed by atoms with Crippen molar-refractivity contribution in [2.75, 3.05) is 4.90 Å². The highest BCUT2D eigenvalue weighted by atomic mass is 16.3. The summed E-state index contributed by atoms with van der Waals surface area (Å²) in [6.07, 6.45) is 0. The Morgan fingerprint density at radius 3 is 1.65 bits per heavy atom. The quantitative estimate of drug-likeness (QED) is 0.159. The molecule has 2 heteroatoms. The number of nitrogens with zero attached hydrogens (tertiary/aromatic N) is 1. The van der Waals surface area contributed by atoms with Crippen molar-refractivity contribution in [3.8, 4) is 44.5 Å². The largest absolute Gasteiger partial charge is 0.455 e. The second kappa shape index (κ2) is 14.7. The Hall–Kier alpha value is -8.20. The molecule has 2 aliphatic rings. The van der Waals surface area contributed by atoms with Crippen LogP contribution in [0.4, 0.5) is 17.1 Å². The van der Waals surface area contributed by atoms with Gasteiger partial charge in [0, 0.05) is 38.8 Å². The van der Waals surface area contributed by atoms with Crippen LogP contribution in [0.3, 0.4) is 0 Å². The molecule has 0 saturated heterocycles. The zero-order valence-electron chi connectivity index (χ0n) is 36.9. The molecule has 1 heterocycles. The van der Waals surface area contributed by atoms with Crippen molar-refractivity contribution in [3.63, 3.8) is 0 Å². The molecule has 0 radical (unpaired) electrons. The van der Waals surface area contributed by atoms with Gasteiger partial charge in [-0.15, -0.1) is 0 Å². The molecule has 312 valence electrons. The lowest BCUT2D eigenvalue weighted by atomic mass is 9.67. The van der Waals surface area contributed by atoms with Crippen LogP contribution in [-0.4, -0.2) is 0 Å². The molecule has 2 nitrogen and oxygen atoms in total. The van der Waals surface area contributed by atoms with Gasteiger partial charge < -0.3 is 9.32 Å². The van der Waals surface area contributed by atoms with E-state index in [1.807, 2.05) is 6.07 Å². The monoisotopic (exact) mass is 843 g/mol. The third-order valence-corrected chi connectivity index (χ3v) is 14.6. The Kier molecular flexibility index (Phi) is 8.51. The number of fused-ring (bicyclic) bond motifs is 9. The van der Waals surface area contributed by atoms with Crippen LogP contribution in [0.2, 0.25) is 0 Å². The first kappa shape index (κ1) is 38.3. The van der Waals surface area contributed by atoms with E-state index in [0.29, 0.717) is 0 Å². The highest BCUT2D eigenvalue weighted by Crippen LogP contribution is 2.57. The Balaban J connectivity index is 0.956. The average molecular weight is 844 g/mol. The zero-order valence-corrected chi connectivity index (χ0v) is 36.9. The lowest BCUT2D eigenvalue weighted by Crippen LogP contribution is -2.28. The molecule has 0 saturated carbocycles. The minimum Gasteiger partial charge on any atom is -0.455 e. The fraction of sp³-hybridized carbons (Fsp3) is 0.0625. The SMILES string of the molecule is CC1(C)c2ccccc2-c2ccc(N(c3ccc(-c4cccc5c4oc4ccccc45)cc3)c3cccc(-c4ccc5c(c4)-c4ccccc4C5(c4ccccc4)c4ccccc4)c3)cc21. The number of benzene rings is 10. The summed E-state index contributed by atoms with van der Waals surface area (Å²) < 4.78 is 6.49. The maximum atomic E-state index is 6.49. The number of para-hydroxylation sites is 2. The normalized spacial score (nSPS) is 13.8. The van der Waals surface area contributed by atoms with E-state index < -0.39 is 5.41 Å². The van der Waals surface area contributed by atoms with Gasteiger partial charge in [0.05, 0.1) is 5.41 Å².